The van der Waals surface area contributed by atoms with Crippen LogP contribution in [-0.4, -0.2) is 9.97 Å². The Balaban J connectivity index is 2.08. The lowest BCUT2D eigenvalue weighted by Gasteiger charge is -2.14. The quantitative estimate of drug-likeness (QED) is 0.874. The Morgan fingerprint density at radius 3 is 2.69 bits per heavy atom. The summed E-state index contributed by atoms with van der Waals surface area (Å²) in [6.45, 7) is 2.07. The summed E-state index contributed by atoms with van der Waals surface area (Å²) in [5.74, 6) is 0. The fourth-order valence-electron chi connectivity index (χ4n) is 1.42. The molecule has 0 spiro atoms. The van der Waals surface area contributed by atoms with E-state index in [0.717, 1.165) is 16.0 Å². The van der Waals surface area contributed by atoms with Crippen LogP contribution < -0.4 is 5.32 Å². The average Bonchev–Trinajstić information content (AvgIpc) is 2.33. The van der Waals surface area contributed by atoms with Crippen LogP contribution in [0.1, 0.15) is 18.7 Å². The Bertz CT molecular complexity index is 442. The van der Waals surface area contributed by atoms with Crippen LogP contribution in [0, 0.1) is 0 Å². The molecule has 0 aliphatic rings. The summed E-state index contributed by atoms with van der Waals surface area (Å²) in [7, 11) is 0. The van der Waals surface area contributed by atoms with E-state index in [1.807, 2.05) is 30.3 Å². The van der Waals surface area contributed by atoms with Crippen molar-refractivity contribution in [3.05, 3.63) is 53.0 Å². The lowest BCUT2D eigenvalue weighted by atomic mass is 10.2. The van der Waals surface area contributed by atoms with E-state index in [1.54, 1.807) is 12.4 Å². The number of hydrogen-bond acceptors (Lipinski definition) is 3. The number of halogens is 1. The summed E-state index contributed by atoms with van der Waals surface area (Å²) in [6, 6.07) is 9.97. The van der Waals surface area contributed by atoms with Crippen molar-refractivity contribution in [1.82, 2.24) is 9.97 Å². The van der Waals surface area contributed by atoms with Crippen LogP contribution >= 0.6 is 15.9 Å². The van der Waals surface area contributed by atoms with Gasteiger partial charge in [-0.15, -0.1) is 0 Å². The number of aromatic nitrogens is 2. The maximum Gasteiger partial charge on any atom is 0.106 e. The molecule has 0 bridgehead atoms. The van der Waals surface area contributed by atoms with E-state index in [2.05, 4.69) is 38.1 Å². The first kappa shape index (κ1) is 11.1. The summed E-state index contributed by atoms with van der Waals surface area (Å²) in [4.78, 5) is 8.46. The predicted molar refractivity (Wildman–Crippen MR) is 68.2 cm³/mol. The summed E-state index contributed by atoms with van der Waals surface area (Å²) in [6.07, 6.45) is 3.59. The molecule has 1 N–H and O–H groups in total. The van der Waals surface area contributed by atoms with Crippen LogP contribution in [0.2, 0.25) is 0 Å². The molecule has 2 aromatic heterocycles. The molecule has 2 aromatic rings. The third-order valence-electron chi connectivity index (χ3n) is 2.24. The minimum Gasteiger partial charge on any atom is -0.376 e. The fraction of sp³-hybridized carbons (Fsp3) is 0.167. The topological polar surface area (TPSA) is 37.8 Å². The van der Waals surface area contributed by atoms with Crippen LogP contribution in [0.15, 0.2) is 47.3 Å². The number of nitrogens with one attached hydrogen (secondary N) is 1. The van der Waals surface area contributed by atoms with Gasteiger partial charge in [0.1, 0.15) is 4.60 Å². The molecule has 0 fully saturated rings. The van der Waals surface area contributed by atoms with Gasteiger partial charge >= 0.3 is 0 Å². The zero-order valence-electron chi connectivity index (χ0n) is 8.89. The molecular weight excluding hydrogens is 266 g/mol. The lowest BCUT2D eigenvalue weighted by molar-refractivity contribution is 0.838. The minimum atomic E-state index is 0.171. The molecule has 2 rings (SSSR count). The lowest BCUT2D eigenvalue weighted by Crippen LogP contribution is -2.08. The van der Waals surface area contributed by atoms with Crippen molar-refractivity contribution in [1.29, 1.82) is 0 Å². The second-order valence-corrected chi connectivity index (χ2v) is 4.30. The van der Waals surface area contributed by atoms with Gasteiger partial charge in [-0.2, -0.15) is 0 Å². The number of hydrogen-bond donors (Lipinski definition) is 1. The summed E-state index contributed by atoms with van der Waals surface area (Å²) < 4.78 is 0.837. The van der Waals surface area contributed by atoms with Crippen molar-refractivity contribution in [2.45, 2.75) is 13.0 Å². The van der Waals surface area contributed by atoms with Crippen molar-refractivity contribution in [2.24, 2.45) is 0 Å². The molecule has 1 unspecified atom stereocenters. The third-order valence-corrected chi connectivity index (χ3v) is 2.71. The van der Waals surface area contributed by atoms with Crippen molar-refractivity contribution in [3.63, 3.8) is 0 Å². The van der Waals surface area contributed by atoms with Gasteiger partial charge in [0.2, 0.25) is 0 Å². The van der Waals surface area contributed by atoms with E-state index in [4.69, 9.17) is 0 Å². The molecule has 0 aliphatic heterocycles. The molecule has 0 aliphatic carbocycles. The van der Waals surface area contributed by atoms with E-state index in [-0.39, 0.29) is 6.04 Å². The highest BCUT2D eigenvalue weighted by Gasteiger charge is 2.05. The molecule has 1 atom stereocenters. The molecule has 0 amide bonds. The van der Waals surface area contributed by atoms with Gasteiger partial charge in [-0.05, 0) is 47.1 Å². The Morgan fingerprint density at radius 2 is 2.06 bits per heavy atom. The highest BCUT2D eigenvalue weighted by molar-refractivity contribution is 9.10. The molecule has 16 heavy (non-hydrogen) atoms. The molecule has 2 heterocycles. The van der Waals surface area contributed by atoms with Crippen LogP contribution in [0.5, 0.6) is 0 Å². The maximum absolute atomic E-state index is 4.30. The smallest absolute Gasteiger partial charge is 0.106 e. The molecule has 0 saturated heterocycles. The summed E-state index contributed by atoms with van der Waals surface area (Å²) >= 11 is 3.31. The third kappa shape index (κ3) is 2.79. The van der Waals surface area contributed by atoms with E-state index in [0.29, 0.717) is 0 Å². The highest BCUT2D eigenvalue weighted by Crippen LogP contribution is 2.17. The highest BCUT2D eigenvalue weighted by atomic mass is 79.9. The second kappa shape index (κ2) is 5.07. The minimum absolute atomic E-state index is 0.171. The van der Waals surface area contributed by atoms with Gasteiger partial charge in [-0.1, -0.05) is 6.07 Å². The number of rotatable bonds is 3. The van der Waals surface area contributed by atoms with Crippen molar-refractivity contribution in [3.8, 4) is 0 Å². The molecule has 82 valence electrons. The standard InChI is InChI=1S/C12H12BrN3/c1-9(11-4-2-3-7-14-11)16-10-5-6-12(13)15-8-10/h2-9,16H,1H3. The van der Waals surface area contributed by atoms with Crippen molar-refractivity contribution in [2.75, 3.05) is 5.32 Å². The first-order valence-corrected chi connectivity index (χ1v) is 5.84. The van der Waals surface area contributed by atoms with E-state index >= 15 is 0 Å². The van der Waals surface area contributed by atoms with Gasteiger partial charge in [0.05, 0.1) is 23.6 Å². The number of nitrogens with zero attached hydrogens (tertiary/aromatic N) is 2. The van der Waals surface area contributed by atoms with Crippen molar-refractivity contribution < 1.29 is 0 Å². The first-order valence-electron chi connectivity index (χ1n) is 5.05. The Labute approximate surface area is 103 Å². The Kier molecular flexibility index (Phi) is 3.51. The van der Waals surface area contributed by atoms with Gasteiger partial charge < -0.3 is 5.32 Å². The van der Waals surface area contributed by atoms with Crippen molar-refractivity contribution >= 4 is 21.6 Å². The molecule has 3 nitrogen and oxygen atoms in total. The normalized spacial score (nSPS) is 12.1. The zero-order chi connectivity index (χ0) is 11.4. The molecule has 0 aromatic carbocycles. The number of anilines is 1. The maximum atomic E-state index is 4.30. The van der Waals surface area contributed by atoms with Gasteiger partial charge in [-0.25, -0.2) is 4.98 Å². The van der Waals surface area contributed by atoms with Gasteiger partial charge in [0.15, 0.2) is 0 Å². The van der Waals surface area contributed by atoms with E-state index < -0.39 is 0 Å². The van der Waals surface area contributed by atoms with Crippen LogP contribution in [-0.2, 0) is 0 Å². The Hall–Kier alpha value is -1.42. The fourth-order valence-corrected chi connectivity index (χ4v) is 1.65. The van der Waals surface area contributed by atoms with Crippen LogP contribution in [0.3, 0.4) is 0 Å². The average molecular weight is 278 g/mol. The van der Waals surface area contributed by atoms with Crippen LogP contribution in [0.4, 0.5) is 5.69 Å². The first-order chi connectivity index (χ1) is 7.75. The molecule has 0 saturated carbocycles. The zero-order valence-corrected chi connectivity index (χ0v) is 10.5. The largest absolute Gasteiger partial charge is 0.376 e. The van der Waals surface area contributed by atoms with Crippen LogP contribution in [0.25, 0.3) is 0 Å². The monoisotopic (exact) mass is 277 g/mol. The Morgan fingerprint density at radius 1 is 1.19 bits per heavy atom. The SMILES string of the molecule is CC(Nc1ccc(Br)nc1)c1ccccn1. The van der Waals surface area contributed by atoms with E-state index in [9.17, 15) is 0 Å². The molecule has 4 heteroatoms. The number of pyridine rings is 2. The van der Waals surface area contributed by atoms with Gasteiger partial charge in [-0.3, -0.25) is 4.98 Å². The summed E-state index contributed by atoms with van der Waals surface area (Å²) in [5, 5.41) is 3.34. The van der Waals surface area contributed by atoms with Gasteiger partial charge in [0.25, 0.3) is 0 Å². The predicted octanol–water partition coefficient (Wildman–Crippen LogP) is 3.41. The van der Waals surface area contributed by atoms with Gasteiger partial charge in [0, 0.05) is 6.20 Å². The van der Waals surface area contributed by atoms with E-state index in [1.165, 1.54) is 0 Å². The molecule has 0 radical (unpaired) electrons. The summed E-state index contributed by atoms with van der Waals surface area (Å²) in [5.41, 5.74) is 2.01. The second-order valence-electron chi connectivity index (χ2n) is 3.49. The molecular formula is C12H12BrN3.